The van der Waals surface area contributed by atoms with Crippen molar-refractivity contribution in [2.75, 3.05) is 4.72 Å². The number of nitrogens with one attached hydrogen (secondary N) is 1. The second-order valence-corrected chi connectivity index (χ2v) is 7.76. The minimum atomic E-state index is -3.45. The molecule has 0 aromatic carbocycles. The van der Waals surface area contributed by atoms with Gasteiger partial charge in [0.2, 0.25) is 10.0 Å². The van der Waals surface area contributed by atoms with Gasteiger partial charge < -0.3 is 5.11 Å². The first-order chi connectivity index (χ1) is 8.07. The zero-order valence-corrected chi connectivity index (χ0v) is 12.2. The molecule has 0 spiro atoms. The number of carboxylic acids is 1. The summed E-state index contributed by atoms with van der Waals surface area (Å²) in [5, 5.41) is 10.2. The van der Waals surface area contributed by atoms with Crippen LogP contribution in [-0.4, -0.2) is 29.7 Å². The maximum absolute atomic E-state index is 11.6. The summed E-state index contributed by atoms with van der Waals surface area (Å²) in [7, 11) is -3.45. The van der Waals surface area contributed by atoms with Crippen molar-refractivity contribution in [3.8, 4) is 0 Å². The average molecular weight is 292 g/mol. The van der Waals surface area contributed by atoms with E-state index < -0.39 is 26.7 Å². The van der Waals surface area contributed by atoms with Crippen molar-refractivity contribution in [2.24, 2.45) is 0 Å². The van der Waals surface area contributed by atoms with Gasteiger partial charge in [-0.1, -0.05) is 0 Å². The third-order valence-electron chi connectivity index (χ3n) is 2.53. The van der Waals surface area contributed by atoms with Gasteiger partial charge in [0.25, 0.3) is 0 Å². The van der Waals surface area contributed by atoms with E-state index in [0.29, 0.717) is 5.69 Å². The van der Waals surface area contributed by atoms with Crippen LogP contribution in [0.3, 0.4) is 0 Å². The van der Waals surface area contributed by atoms with Gasteiger partial charge in [-0.25, -0.2) is 13.4 Å². The highest BCUT2D eigenvalue weighted by molar-refractivity contribution is 7.93. The molecule has 0 aliphatic heterocycles. The third-order valence-corrected chi connectivity index (χ3v) is 5.14. The van der Waals surface area contributed by atoms with Gasteiger partial charge in [-0.15, -0.1) is 11.3 Å². The van der Waals surface area contributed by atoms with E-state index in [-0.39, 0.29) is 5.13 Å². The molecular formula is C10H16N2O4S2. The topological polar surface area (TPSA) is 96.4 Å². The Morgan fingerprint density at radius 3 is 2.50 bits per heavy atom. The molecule has 18 heavy (non-hydrogen) atoms. The Kier molecular flexibility index (Phi) is 4.02. The molecule has 0 amide bonds. The highest BCUT2D eigenvalue weighted by Gasteiger charge is 2.32. The Labute approximate surface area is 110 Å². The van der Waals surface area contributed by atoms with Crippen molar-refractivity contribution in [2.45, 2.75) is 38.4 Å². The summed E-state index contributed by atoms with van der Waals surface area (Å²) in [6.07, 6.45) is 0. The number of hydrogen-bond donors (Lipinski definition) is 2. The predicted octanol–water partition coefficient (Wildman–Crippen LogP) is 1.66. The van der Waals surface area contributed by atoms with Crippen LogP contribution in [0.2, 0.25) is 0 Å². The first-order valence-corrected chi connectivity index (χ1v) is 7.71. The SMILES string of the molecule is CC(C)S(=O)(=O)Nc1nc(C(C)(C)C(=O)O)cs1. The van der Waals surface area contributed by atoms with E-state index in [2.05, 4.69) is 9.71 Å². The molecule has 0 aliphatic carbocycles. The fourth-order valence-corrected chi connectivity index (χ4v) is 2.74. The van der Waals surface area contributed by atoms with Crippen LogP contribution in [0.25, 0.3) is 0 Å². The summed E-state index contributed by atoms with van der Waals surface area (Å²) in [4.78, 5) is 15.1. The van der Waals surface area contributed by atoms with Gasteiger partial charge in [0.1, 0.15) is 5.41 Å². The van der Waals surface area contributed by atoms with Crippen LogP contribution in [0.1, 0.15) is 33.4 Å². The van der Waals surface area contributed by atoms with E-state index in [1.54, 1.807) is 19.2 Å². The molecule has 1 heterocycles. The normalized spacial score (nSPS) is 12.7. The largest absolute Gasteiger partial charge is 0.481 e. The average Bonchev–Trinajstić information content (AvgIpc) is 2.65. The van der Waals surface area contributed by atoms with E-state index in [9.17, 15) is 13.2 Å². The van der Waals surface area contributed by atoms with Crippen LogP contribution in [0.5, 0.6) is 0 Å². The van der Waals surface area contributed by atoms with Crippen molar-refractivity contribution in [1.82, 2.24) is 4.98 Å². The second kappa shape index (κ2) is 4.85. The summed E-state index contributed by atoms with van der Waals surface area (Å²) in [5.41, 5.74) is -0.806. The molecule has 2 N–H and O–H groups in total. The molecule has 1 aromatic rings. The van der Waals surface area contributed by atoms with Crippen LogP contribution in [-0.2, 0) is 20.2 Å². The van der Waals surface area contributed by atoms with Gasteiger partial charge in [-0.3, -0.25) is 9.52 Å². The molecule has 0 aliphatic rings. The minimum absolute atomic E-state index is 0.188. The van der Waals surface area contributed by atoms with Crippen molar-refractivity contribution in [1.29, 1.82) is 0 Å². The molecule has 0 unspecified atom stereocenters. The van der Waals surface area contributed by atoms with Crippen molar-refractivity contribution in [3.63, 3.8) is 0 Å². The first kappa shape index (κ1) is 14.9. The lowest BCUT2D eigenvalue weighted by Crippen LogP contribution is -2.29. The van der Waals surface area contributed by atoms with Crippen molar-refractivity contribution in [3.05, 3.63) is 11.1 Å². The third kappa shape index (κ3) is 2.99. The number of thiazole rings is 1. The van der Waals surface area contributed by atoms with Crippen molar-refractivity contribution < 1.29 is 18.3 Å². The zero-order valence-electron chi connectivity index (χ0n) is 10.6. The fourth-order valence-electron chi connectivity index (χ4n) is 0.957. The molecule has 1 rings (SSSR count). The quantitative estimate of drug-likeness (QED) is 0.860. The lowest BCUT2D eigenvalue weighted by Gasteiger charge is -2.15. The molecule has 0 bridgehead atoms. The molecule has 0 fully saturated rings. The number of carboxylic acid groups (broad SMARTS) is 1. The van der Waals surface area contributed by atoms with E-state index in [0.717, 1.165) is 11.3 Å². The zero-order chi connectivity index (χ0) is 14.1. The molecular weight excluding hydrogens is 276 g/mol. The summed E-state index contributed by atoms with van der Waals surface area (Å²) in [5.74, 6) is -1.01. The number of sulfonamides is 1. The molecule has 0 radical (unpaired) electrons. The van der Waals surface area contributed by atoms with Gasteiger partial charge in [0, 0.05) is 5.38 Å². The second-order valence-electron chi connectivity index (χ2n) is 4.66. The van der Waals surface area contributed by atoms with Crippen LogP contribution in [0.4, 0.5) is 5.13 Å². The number of aromatic nitrogens is 1. The lowest BCUT2D eigenvalue weighted by molar-refractivity contribution is -0.142. The van der Waals surface area contributed by atoms with Gasteiger partial charge in [0.05, 0.1) is 10.9 Å². The number of nitrogens with zero attached hydrogens (tertiary/aromatic N) is 1. The Balaban J connectivity index is 2.99. The molecule has 8 heteroatoms. The molecule has 102 valence electrons. The minimum Gasteiger partial charge on any atom is -0.481 e. The summed E-state index contributed by atoms with van der Waals surface area (Å²) in [6.45, 7) is 6.15. The molecule has 0 saturated heterocycles. The molecule has 1 aromatic heterocycles. The van der Waals surface area contributed by atoms with E-state index in [4.69, 9.17) is 5.11 Å². The van der Waals surface area contributed by atoms with Gasteiger partial charge in [0.15, 0.2) is 5.13 Å². The molecule has 6 nitrogen and oxygen atoms in total. The highest BCUT2D eigenvalue weighted by atomic mass is 32.2. The van der Waals surface area contributed by atoms with Crippen LogP contribution < -0.4 is 4.72 Å². The van der Waals surface area contributed by atoms with Crippen LogP contribution in [0.15, 0.2) is 5.38 Å². The van der Waals surface area contributed by atoms with E-state index in [1.165, 1.54) is 13.8 Å². The first-order valence-electron chi connectivity index (χ1n) is 5.28. The maximum Gasteiger partial charge on any atom is 0.315 e. The molecule has 0 atom stereocenters. The number of carbonyl (C=O) groups is 1. The summed E-state index contributed by atoms with van der Waals surface area (Å²) >= 11 is 1.07. The standard InChI is InChI=1S/C10H16N2O4S2/c1-6(2)18(15,16)12-9-11-7(5-17-9)10(3,4)8(13)14/h5-6H,1-4H3,(H,11,12)(H,13,14). The lowest BCUT2D eigenvalue weighted by atomic mass is 9.91. The Bertz CT molecular complexity index is 546. The number of anilines is 1. The van der Waals surface area contributed by atoms with Crippen molar-refractivity contribution >= 4 is 32.5 Å². The van der Waals surface area contributed by atoms with E-state index >= 15 is 0 Å². The van der Waals surface area contributed by atoms with Gasteiger partial charge in [-0.05, 0) is 27.7 Å². The van der Waals surface area contributed by atoms with Gasteiger partial charge in [-0.2, -0.15) is 0 Å². The number of aliphatic carboxylic acids is 1. The predicted molar refractivity (Wildman–Crippen MR) is 70.5 cm³/mol. The van der Waals surface area contributed by atoms with Crippen LogP contribution in [0, 0.1) is 0 Å². The number of rotatable bonds is 5. The fraction of sp³-hybridized carbons (Fsp3) is 0.600. The highest BCUT2D eigenvalue weighted by Crippen LogP contribution is 2.28. The summed E-state index contributed by atoms with van der Waals surface area (Å²) < 4.78 is 25.6. The summed E-state index contributed by atoms with van der Waals surface area (Å²) in [6, 6.07) is 0. The smallest absolute Gasteiger partial charge is 0.315 e. The van der Waals surface area contributed by atoms with Crippen LogP contribution >= 0.6 is 11.3 Å². The number of hydrogen-bond acceptors (Lipinski definition) is 5. The monoisotopic (exact) mass is 292 g/mol. The Morgan fingerprint density at radius 1 is 1.50 bits per heavy atom. The van der Waals surface area contributed by atoms with Gasteiger partial charge >= 0.3 is 5.97 Å². The Morgan fingerprint density at radius 2 is 2.06 bits per heavy atom. The van der Waals surface area contributed by atoms with E-state index in [1.807, 2.05) is 0 Å². The molecule has 0 saturated carbocycles. The maximum atomic E-state index is 11.6. The Hall–Kier alpha value is -1.15.